The number of carbonyl (C=O) groups is 2. The van der Waals surface area contributed by atoms with Gasteiger partial charge in [-0.25, -0.2) is 4.68 Å². The summed E-state index contributed by atoms with van der Waals surface area (Å²) in [5.41, 5.74) is 1.24. The minimum absolute atomic E-state index is 0.00693. The van der Waals surface area contributed by atoms with Crippen molar-refractivity contribution in [2.45, 2.75) is 19.8 Å². The molecule has 2 amide bonds. The summed E-state index contributed by atoms with van der Waals surface area (Å²) < 4.78 is 1.63. The zero-order chi connectivity index (χ0) is 17.1. The van der Waals surface area contributed by atoms with Crippen molar-refractivity contribution in [2.75, 3.05) is 18.4 Å². The first-order valence-corrected chi connectivity index (χ1v) is 8.29. The number of halogens is 1. The molecule has 0 unspecified atom stereocenters. The van der Waals surface area contributed by atoms with Crippen LogP contribution in [0.1, 0.15) is 19.8 Å². The molecule has 0 radical (unpaired) electrons. The van der Waals surface area contributed by atoms with E-state index in [-0.39, 0.29) is 17.7 Å². The molecule has 1 aromatic heterocycles. The molecular weight excluding hydrogens is 328 g/mol. The molecule has 1 atom stereocenters. The summed E-state index contributed by atoms with van der Waals surface area (Å²) >= 11 is 6.29. The molecule has 0 spiro atoms. The highest BCUT2D eigenvalue weighted by molar-refractivity contribution is 6.33. The van der Waals surface area contributed by atoms with Gasteiger partial charge in [-0.2, -0.15) is 5.10 Å². The van der Waals surface area contributed by atoms with E-state index in [1.54, 1.807) is 46.2 Å². The third kappa shape index (κ3) is 3.43. The number of nitrogens with one attached hydrogen (secondary N) is 1. The van der Waals surface area contributed by atoms with Gasteiger partial charge < -0.3 is 10.2 Å². The molecule has 2 aromatic rings. The van der Waals surface area contributed by atoms with Crippen LogP contribution in [-0.2, 0) is 9.59 Å². The number of hydrogen-bond donors (Lipinski definition) is 1. The van der Waals surface area contributed by atoms with Crippen LogP contribution in [0.4, 0.5) is 5.69 Å². The fraction of sp³-hybridized carbons (Fsp3) is 0.353. The molecule has 0 bridgehead atoms. The van der Waals surface area contributed by atoms with Crippen LogP contribution in [0.25, 0.3) is 5.69 Å². The minimum atomic E-state index is -0.216. The van der Waals surface area contributed by atoms with Crippen molar-refractivity contribution in [2.24, 2.45) is 5.92 Å². The predicted octanol–water partition coefficient (Wildman–Crippen LogP) is 2.72. The normalized spacial score (nSPS) is 17.6. The van der Waals surface area contributed by atoms with E-state index in [9.17, 15) is 9.59 Å². The van der Waals surface area contributed by atoms with Gasteiger partial charge in [0.15, 0.2) is 0 Å². The second-order valence-electron chi connectivity index (χ2n) is 5.88. The highest BCUT2D eigenvalue weighted by atomic mass is 35.5. The van der Waals surface area contributed by atoms with Gasteiger partial charge in [0.2, 0.25) is 11.8 Å². The molecule has 24 heavy (non-hydrogen) atoms. The number of aromatic nitrogens is 2. The van der Waals surface area contributed by atoms with Gasteiger partial charge in [0.1, 0.15) is 5.69 Å². The topological polar surface area (TPSA) is 67.2 Å². The lowest BCUT2D eigenvalue weighted by atomic mass is 9.97. The van der Waals surface area contributed by atoms with E-state index >= 15 is 0 Å². The number of likely N-dealkylation sites (tertiary alicyclic amines) is 1. The molecule has 6 nitrogen and oxygen atoms in total. The van der Waals surface area contributed by atoms with Crippen LogP contribution in [0.2, 0.25) is 5.02 Å². The van der Waals surface area contributed by atoms with Gasteiger partial charge in [0.25, 0.3) is 0 Å². The zero-order valence-electron chi connectivity index (χ0n) is 13.4. The van der Waals surface area contributed by atoms with Gasteiger partial charge in [-0.3, -0.25) is 9.59 Å². The molecule has 1 saturated heterocycles. The third-order valence-electron chi connectivity index (χ3n) is 4.22. The van der Waals surface area contributed by atoms with Crippen LogP contribution in [0.3, 0.4) is 0 Å². The molecule has 1 aliphatic rings. The lowest BCUT2D eigenvalue weighted by molar-refractivity contribution is -0.132. The number of carbonyl (C=O) groups excluding carboxylic acids is 2. The maximum atomic E-state index is 12.6. The highest BCUT2D eigenvalue weighted by Crippen LogP contribution is 2.29. The highest BCUT2D eigenvalue weighted by Gasteiger charge is 2.27. The second-order valence-corrected chi connectivity index (χ2v) is 6.29. The van der Waals surface area contributed by atoms with Gasteiger partial charge in [-0.05, 0) is 31.0 Å². The first kappa shape index (κ1) is 16.5. The summed E-state index contributed by atoms with van der Waals surface area (Å²) in [4.78, 5) is 25.9. The Morgan fingerprint density at radius 2 is 2.17 bits per heavy atom. The number of benzene rings is 1. The Bertz CT molecular complexity index is 745. The van der Waals surface area contributed by atoms with Crippen molar-refractivity contribution in [3.8, 4) is 5.69 Å². The van der Waals surface area contributed by atoms with E-state index in [1.807, 2.05) is 0 Å². The Balaban J connectivity index is 1.80. The van der Waals surface area contributed by atoms with E-state index in [2.05, 4.69) is 10.4 Å². The number of para-hydroxylation sites is 1. The Hall–Kier alpha value is -2.34. The molecule has 7 heteroatoms. The SMILES string of the molecule is CC(=O)N1CCC[C@@H](C(=O)Nc2cccc(Cl)c2-n2cccn2)C1. The monoisotopic (exact) mass is 346 g/mol. The van der Waals surface area contributed by atoms with Gasteiger partial charge in [-0.1, -0.05) is 17.7 Å². The van der Waals surface area contributed by atoms with Crippen LogP contribution >= 0.6 is 11.6 Å². The van der Waals surface area contributed by atoms with E-state index < -0.39 is 0 Å². The average molecular weight is 347 g/mol. The fourth-order valence-electron chi connectivity index (χ4n) is 2.96. The Morgan fingerprint density at radius 1 is 1.33 bits per heavy atom. The van der Waals surface area contributed by atoms with Gasteiger partial charge >= 0.3 is 0 Å². The Labute approximate surface area is 145 Å². The molecule has 126 valence electrons. The molecule has 0 saturated carbocycles. The first-order valence-electron chi connectivity index (χ1n) is 7.91. The minimum Gasteiger partial charge on any atom is -0.342 e. The maximum absolute atomic E-state index is 12.6. The standard InChI is InChI=1S/C17H19ClN4O2/c1-12(23)21-9-3-5-13(11-21)17(24)20-15-7-2-6-14(18)16(15)22-10-4-8-19-22/h2,4,6-8,10,13H,3,5,9,11H2,1H3,(H,20,24)/t13-/m1/s1. The number of anilines is 1. The second kappa shape index (κ2) is 7.05. The van der Waals surface area contributed by atoms with E-state index in [0.29, 0.717) is 22.9 Å². The number of nitrogens with zero attached hydrogens (tertiary/aromatic N) is 3. The average Bonchev–Trinajstić information content (AvgIpc) is 3.09. The zero-order valence-corrected chi connectivity index (χ0v) is 14.2. The van der Waals surface area contributed by atoms with Crippen LogP contribution in [-0.4, -0.2) is 39.6 Å². The van der Waals surface area contributed by atoms with Crippen LogP contribution in [0.15, 0.2) is 36.7 Å². The van der Waals surface area contributed by atoms with E-state index in [4.69, 9.17) is 11.6 Å². The Morgan fingerprint density at radius 3 is 2.88 bits per heavy atom. The van der Waals surface area contributed by atoms with Crippen molar-refractivity contribution in [3.05, 3.63) is 41.7 Å². The van der Waals surface area contributed by atoms with Crippen molar-refractivity contribution < 1.29 is 9.59 Å². The van der Waals surface area contributed by atoms with Gasteiger partial charge in [-0.15, -0.1) is 0 Å². The third-order valence-corrected chi connectivity index (χ3v) is 4.52. The molecule has 3 rings (SSSR count). The molecular formula is C17H19ClN4O2. The van der Waals surface area contributed by atoms with Crippen molar-refractivity contribution >= 4 is 29.1 Å². The molecule has 1 fully saturated rings. The molecule has 1 aromatic carbocycles. The quantitative estimate of drug-likeness (QED) is 0.929. The fourth-order valence-corrected chi connectivity index (χ4v) is 3.22. The van der Waals surface area contributed by atoms with Crippen molar-refractivity contribution in [1.29, 1.82) is 0 Å². The summed E-state index contributed by atoms with van der Waals surface area (Å²) in [7, 11) is 0. The largest absolute Gasteiger partial charge is 0.342 e. The van der Waals surface area contributed by atoms with Crippen molar-refractivity contribution in [3.63, 3.8) is 0 Å². The number of rotatable bonds is 3. The van der Waals surface area contributed by atoms with Gasteiger partial charge in [0.05, 0.1) is 16.6 Å². The van der Waals surface area contributed by atoms with E-state index in [0.717, 1.165) is 19.4 Å². The lowest BCUT2D eigenvalue weighted by Gasteiger charge is -2.31. The van der Waals surface area contributed by atoms with Crippen LogP contribution < -0.4 is 5.32 Å². The summed E-state index contributed by atoms with van der Waals surface area (Å²) in [6.45, 7) is 2.71. The number of piperidine rings is 1. The molecule has 2 heterocycles. The van der Waals surface area contributed by atoms with E-state index in [1.165, 1.54) is 6.92 Å². The number of hydrogen-bond acceptors (Lipinski definition) is 3. The maximum Gasteiger partial charge on any atom is 0.229 e. The number of amides is 2. The van der Waals surface area contributed by atoms with Crippen molar-refractivity contribution in [1.82, 2.24) is 14.7 Å². The summed E-state index contributed by atoms with van der Waals surface area (Å²) in [6.07, 6.45) is 5.03. The smallest absolute Gasteiger partial charge is 0.229 e. The first-order chi connectivity index (χ1) is 11.6. The summed E-state index contributed by atoms with van der Waals surface area (Å²) in [5.74, 6) is -0.309. The molecule has 0 aliphatic carbocycles. The van der Waals surface area contributed by atoms with Gasteiger partial charge in [0, 0.05) is 32.4 Å². The van der Waals surface area contributed by atoms with Crippen LogP contribution in [0.5, 0.6) is 0 Å². The summed E-state index contributed by atoms with van der Waals surface area (Å²) in [6, 6.07) is 7.13. The molecule has 1 N–H and O–H groups in total. The lowest BCUT2D eigenvalue weighted by Crippen LogP contribution is -2.42. The molecule has 1 aliphatic heterocycles. The predicted molar refractivity (Wildman–Crippen MR) is 92.2 cm³/mol. The summed E-state index contributed by atoms with van der Waals surface area (Å²) in [5, 5.41) is 7.64. The Kier molecular flexibility index (Phi) is 4.85. The van der Waals surface area contributed by atoms with Crippen LogP contribution in [0, 0.1) is 5.92 Å².